The standard InChI is InChI=1S/C28H31F2N7O2.4H3N/c29-22-12-11-21(17-23(22)30)31-25(39)18-24(38)19-7-9-20(10-8-19)32-26-33-27(36-13-3-1-4-14-36)35-28(34-26)37-15-5-2-6-16-37;;;;/h7-12,17H,1-6,13-16,18H2,(H,31,39)(H,32,33,34,35);4*1H3. The topological polar surface area (TPSA) is 243 Å². The summed E-state index contributed by atoms with van der Waals surface area (Å²) in [6.45, 7) is 3.68. The summed E-state index contributed by atoms with van der Waals surface area (Å²) in [7, 11) is 0. The molecule has 1 aromatic heterocycles. The minimum Gasteiger partial charge on any atom is -0.344 e. The number of amides is 1. The van der Waals surface area contributed by atoms with E-state index in [1.807, 2.05) is 0 Å². The SMILES string of the molecule is N.N.N.N.O=C(CC(=O)c1ccc(Nc2nc(N3CCCCC3)nc(N3CCCCC3)n2)cc1)Nc1ccc(F)c(F)c1. The number of benzene rings is 2. The van der Waals surface area contributed by atoms with Gasteiger partial charge >= 0.3 is 0 Å². The molecule has 3 aromatic rings. The highest BCUT2D eigenvalue weighted by Gasteiger charge is 2.21. The van der Waals surface area contributed by atoms with E-state index in [9.17, 15) is 18.4 Å². The first-order chi connectivity index (χ1) is 18.9. The zero-order valence-corrected chi connectivity index (χ0v) is 24.5. The van der Waals surface area contributed by atoms with Crippen LogP contribution in [0.2, 0.25) is 0 Å². The Bertz CT molecular complexity index is 1300. The van der Waals surface area contributed by atoms with Gasteiger partial charge in [0, 0.05) is 49.2 Å². The first-order valence-corrected chi connectivity index (χ1v) is 13.4. The van der Waals surface area contributed by atoms with E-state index in [1.165, 1.54) is 18.9 Å². The van der Waals surface area contributed by atoms with Gasteiger partial charge in [-0.25, -0.2) is 8.78 Å². The van der Waals surface area contributed by atoms with Gasteiger partial charge in [0.1, 0.15) is 0 Å². The quantitative estimate of drug-likeness (QED) is 0.133. The molecule has 5 rings (SSSR count). The Morgan fingerprint density at radius 3 is 1.70 bits per heavy atom. The number of rotatable bonds is 8. The number of carbonyl (C=O) groups excluding carboxylic acids is 2. The molecule has 0 bridgehead atoms. The van der Waals surface area contributed by atoms with E-state index in [0.717, 1.165) is 64.0 Å². The average Bonchev–Trinajstić information content (AvgIpc) is 2.96. The monoisotopic (exact) mass is 603 g/mol. The van der Waals surface area contributed by atoms with Crippen molar-refractivity contribution in [2.45, 2.75) is 44.9 Å². The second-order valence-electron chi connectivity index (χ2n) is 9.83. The molecule has 1 amide bonds. The highest BCUT2D eigenvalue weighted by molar-refractivity contribution is 6.11. The van der Waals surface area contributed by atoms with E-state index in [2.05, 4.69) is 20.4 Å². The molecule has 236 valence electrons. The van der Waals surface area contributed by atoms with Crippen LogP contribution in [0.5, 0.6) is 0 Å². The normalized spacial score (nSPS) is 14.2. The van der Waals surface area contributed by atoms with Crippen LogP contribution >= 0.6 is 0 Å². The summed E-state index contributed by atoms with van der Waals surface area (Å²) in [4.78, 5) is 43.4. The smallest absolute Gasteiger partial charge is 0.233 e. The minimum absolute atomic E-state index is 0. The van der Waals surface area contributed by atoms with Gasteiger partial charge in [0.15, 0.2) is 17.4 Å². The van der Waals surface area contributed by atoms with Crippen LogP contribution < -0.4 is 45.0 Å². The van der Waals surface area contributed by atoms with Crippen LogP contribution in [0.25, 0.3) is 0 Å². The number of piperidine rings is 2. The number of anilines is 5. The molecule has 2 aliphatic rings. The van der Waals surface area contributed by atoms with Gasteiger partial charge in [-0.05, 0) is 74.9 Å². The molecule has 3 heterocycles. The fourth-order valence-corrected chi connectivity index (χ4v) is 4.78. The van der Waals surface area contributed by atoms with Crippen LogP contribution in [0.4, 0.5) is 38.0 Å². The predicted molar refractivity (Wildman–Crippen MR) is 166 cm³/mol. The molecule has 2 saturated heterocycles. The fourth-order valence-electron chi connectivity index (χ4n) is 4.78. The second kappa shape index (κ2) is 17.0. The Hall–Kier alpha value is -4.31. The molecule has 13 nitrogen and oxygen atoms in total. The lowest BCUT2D eigenvalue weighted by atomic mass is 10.1. The number of carbonyl (C=O) groups is 2. The molecule has 43 heavy (non-hydrogen) atoms. The zero-order chi connectivity index (χ0) is 27.2. The Labute approximate surface area is 250 Å². The van der Waals surface area contributed by atoms with E-state index < -0.39 is 29.7 Å². The van der Waals surface area contributed by atoms with Gasteiger partial charge in [0.2, 0.25) is 23.8 Å². The van der Waals surface area contributed by atoms with Gasteiger partial charge in [-0.1, -0.05) is 0 Å². The highest BCUT2D eigenvalue weighted by Crippen LogP contribution is 2.24. The average molecular weight is 604 g/mol. The number of halogens is 2. The predicted octanol–water partition coefficient (Wildman–Crippen LogP) is 5.73. The van der Waals surface area contributed by atoms with Gasteiger partial charge in [-0.3, -0.25) is 9.59 Å². The van der Waals surface area contributed by atoms with Crippen molar-refractivity contribution in [2.24, 2.45) is 0 Å². The van der Waals surface area contributed by atoms with Gasteiger partial charge in [0.25, 0.3) is 0 Å². The van der Waals surface area contributed by atoms with Crippen LogP contribution in [0.1, 0.15) is 55.3 Å². The maximum atomic E-state index is 13.4. The van der Waals surface area contributed by atoms with Gasteiger partial charge in [-0.2, -0.15) is 15.0 Å². The highest BCUT2D eigenvalue weighted by atomic mass is 19.2. The van der Waals surface area contributed by atoms with Crippen LogP contribution in [0.3, 0.4) is 0 Å². The van der Waals surface area contributed by atoms with E-state index in [0.29, 0.717) is 29.1 Å². The van der Waals surface area contributed by atoms with Gasteiger partial charge < -0.3 is 45.0 Å². The first kappa shape index (κ1) is 36.7. The number of aromatic nitrogens is 3. The lowest BCUT2D eigenvalue weighted by Gasteiger charge is -2.30. The van der Waals surface area contributed by atoms with Crippen LogP contribution in [-0.4, -0.2) is 52.8 Å². The summed E-state index contributed by atoms with van der Waals surface area (Å²) in [5.41, 5.74) is 1.12. The Morgan fingerprint density at radius 1 is 0.674 bits per heavy atom. The Morgan fingerprint density at radius 2 is 1.19 bits per heavy atom. The summed E-state index contributed by atoms with van der Waals surface area (Å²) in [6, 6.07) is 9.71. The van der Waals surface area contributed by atoms with Crippen molar-refractivity contribution < 1.29 is 18.4 Å². The molecule has 0 atom stereocenters. The van der Waals surface area contributed by atoms with Crippen molar-refractivity contribution in [3.63, 3.8) is 0 Å². The third-order valence-corrected chi connectivity index (χ3v) is 6.88. The summed E-state index contributed by atoms with van der Waals surface area (Å²) in [5.74, 6) is -1.32. The van der Waals surface area contributed by atoms with Crippen molar-refractivity contribution in [2.75, 3.05) is 46.6 Å². The lowest BCUT2D eigenvalue weighted by molar-refractivity contribution is -0.115. The zero-order valence-electron chi connectivity index (χ0n) is 24.5. The first-order valence-electron chi connectivity index (χ1n) is 13.4. The third kappa shape index (κ3) is 9.61. The number of hydrogen-bond donors (Lipinski definition) is 6. The van der Waals surface area contributed by atoms with E-state index in [4.69, 9.17) is 15.0 Å². The molecule has 15 heteroatoms. The number of ketones is 1. The largest absolute Gasteiger partial charge is 0.344 e. The molecule has 0 aliphatic carbocycles. The van der Waals surface area contributed by atoms with E-state index in [1.54, 1.807) is 24.3 Å². The van der Waals surface area contributed by atoms with E-state index in [-0.39, 0.29) is 30.3 Å². The number of nitrogens with zero attached hydrogens (tertiary/aromatic N) is 5. The van der Waals surface area contributed by atoms with Gasteiger partial charge in [-0.15, -0.1) is 0 Å². The Kier molecular flexibility index (Phi) is 14.5. The molecule has 0 radical (unpaired) electrons. The fraction of sp³-hybridized carbons (Fsp3) is 0.393. The molecular weight excluding hydrogens is 560 g/mol. The van der Waals surface area contributed by atoms with Crippen molar-refractivity contribution in [3.8, 4) is 0 Å². The summed E-state index contributed by atoms with van der Waals surface area (Å²) >= 11 is 0. The summed E-state index contributed by atoms with van der Waals surface area (Å²) in [6.07, 6.45) is 6.44. The maximum absolute atomic E-state index is 13.4. The van der Waals surface area contributed by atoms with Crippen molar-refractivity contribution in [1.29, 1.82) is 0 Å². The van der Waals surface area contributed by atoms with Crippen molar-refractivity contribution >= 4 is 40.9 Å². The van der Waals surface area contributed by atoms with Crippen molar-refractivity contribution in [3.05, 3.63) is 59.7 Å². The van der Waals surface area contributed by atoms with Crippen LogP contribution in [0.15, 0.2) is 42.5 Å². The number of hydrogen-bond acceptors (Lipinski definition) is 12. The molecule has 2 aliphatic heterocycles. The molecule has 0 spiro atoms. The maximum Gasteiger partial charge on any atom is 0.233 e. The number of Topliss-reactive ketones (excluding diaryl/α,β-unsaturated/α-hetero) is 1. The van der Waals surface area contributed by atoms with Crippen LogP contribution in [0, 0.1) is 11.6 Å². The third-order valence-electron chi connectivity index (χ3n) is 6.88. The second-order valence-corrected chi connectivity index (χ2v) is 9.83. The Balaban J connectivity index is 0.00000231. The molecule has 2 aromatic carbocycles. The van der Waals surface area contributed by atoms with Crippen molar-refractivity contribution in [1.82, 2.24) is 39.6 Å². The number of nitrogens with one attached hydrogen (secondary N) is 2. The lowest BCUT2D eigenvalue weighted by Crippen LogP contribution is -2.34. The molecule has 0 saturated carbocycles. The van der Waals surface area contributed by atoms with Gasteiger partial charge in [0.05, 0.1) is 6.42 Å². The molecule has 14 N–H and O–H groups in total. The molecular formula is C28H43F2N11O2. The van der Waals surface area contributed by atoms with E-state index >= 15 is 0 Å². The minimum atomic E-state index is -1.08. The molecule has 0 unspecified atom stereocenters. The van der Waals surface area contributed by atoms with Crippen LogP contribution in [-0.2, 0) is 4.79 Å². The summed E-state index contributed by atoms with van der Waals surface area (Å²) in [5, 5.41) is 5.65. The summed E-state index contributed by atoms with van der Waals surface area (Å²) < 4.78 is 26.5. The molecule has 2 fully saturated rings.